The first kappa shape index (κ1) is 14.9. The molecule has 1 atom stereocenters. The van der Waals surface area contributed by atoms with Crippen LogP contribution in [0.1, 0.15) is 39.1 Å². The van der Waals surface area contributed by atoms with Gasteiger partial charge in [0.2, 0.25) is 0 Å². The van der Waals surface area contributed by atoms with Crippen LogP contribution in [0.15, 0.2) is 11.6 Å². The molecule has 4 heteroatoms. The third-order valence-corrected chi connectivity index (χ3v) is 5.10. The molecule has 0 bridgehead atoms. The number of hydrogen-bond donors (Lipinski definition) is 1. The van der Waals surface area contributed by atoms with Gasteiger partial charge in [0.25, 0.3) is 0 Å². The minimum atomic E-state index is 0.0843. The van der Waals surface area contributed by atoms with Crippen molar-refractivity contribution in [3.63, 3.8) is 0 Å². The van der Waals surface area contributed by atoms with Crippen LogP contribution in [0, 0.1) is 11.8 Å². The van der Waals surface area contributed by atoms with Crippen LogP contribution < -0.4 is 5.32 Å². The highest BCUT2D eigenvalue weighted by atomic mass is 32.1. The maximum absolute atomic E-state index is 4.50. The summed E-state index contributed by atoms with van der Waals surface area (Å²) in [6.07, 6.45) is 3.22. The molecule has 1 aromatic heterocycles. The third kappa shape index (κ3) is 3.77. The molecular formula is C15H27N3S. The maximum Gasteiger partial charge on any atom is 0.112 e. The summed E-state index contributed by atoms with van der Waals surface area (Å²) in [6, 6.07) is 0. The summed E-state index contributed by atoms with van der Waals surface area (Å²) >= 11 is 1.77. The molecule has 2 rings (SSSR count). The predicted molar refractivity (Wildman–Crippen MR) is 82.5 cm³/mol. The van der Waals surface area contributed by atoms with Crippen molar-refractivity contribution in [3.8, 4) is 0 Å². The molecular weight excluding hydrogens is 254 g/mol. The zero-order valence-corrected chi connectivity index (χ0v) is 13.5. The molecule has 108 valence electrons. The molecule has 0 amide bonds. The fourth-order valence-electron chi connectivity index (χ4n) is 2.74. The van der Waals surface area contributed by atoms with Crippen LogP contribution >= 0.6 is 11.3 Å². The number of rotatable bonds is 6. The van der Waals surface area contributed by atoms with E-state index in [9.17, 15) is 0 Å². The Hall–Kier alpha value is -0.450. The standard InChI is InChI=1S/C15H27N3S/c1-12(2)9-16-10-13-5-7-18(11-13)15(3,4)14-17-6-8-19-14/h6,8,12-13,16H,5,7,9-11H2,1-4H3. The average molecular weight is 281 g/mol. The van der Waals surface area contributed by atoms with Crippen molar-refractivity contribution in [2.24, 2.45) is 11.8 Å². The highest BCUT2D eigenvalue weighted by Crippen LogP contribution is 2.33. The van der Waals surface area contributed by atoms with E-state index in [-0.39, 0.29) is 5.54 Å². The number of nitrogens with zero attached hydrogens (tertiary/aromatic N) is 2. The van der Waals surface area contributed by atoms with Gasteiger partial charge in [-0.1, -0.05) is 13.8 Å². The Morgan fingerprint density at radius 1 is 1.53 bits per heavy atom. The number of thiazole rings is 1. The molecule has 1 fully saturated rings. The van der Waals surface area contributed by atoms with Gasteiger partial charge in [-0.05, 0) is 51.7 Å². The summed E-state index contributed by atoms with van der Waals surface area (Å²) < 4.78 is 0. The summed E-state index contributed by atoms with van der Waals surface area (Å²) in [4.78, 5) is 7.09. The Kier molecular flexibility index (Phi) is 4.98. The van der Waals surface area contributed by atoms with Crippen LogP contribution in [-0.4, -0.2) is 36.1 Å². The highest BCUT2D eigenvalue weighted by Gasteiger charge is 2.36. The molecule has 0 spiro atoms. The molecule has 1 aliphatic heterocycles. The van der Waals surface area contributed by atoms with Crippen molar-refractivity contribution in [3.05, 3.63) is 16.6 Å². The fourth-order valence-corrected chi connectivity index (χ4v) is 3.53. The largest absolute Gasteiger partial charge is 0.316 e. The smallest absolute Gasteiger partial charge is 0.112 e. The molecule has 2 heterocycles. The van der Waals surface area contributed by atoms with Crippen molar-refractivity contribution in [1.82, 2.24) is 15.2 Å². The van der Waals surface area contributed by atoms with Crippen molar-refractivity contribution in [2.45, 2.75) is 39.7 Å². The van der Waals surface area contributed by atoms with Gasteiger partial charge in [0.15, 0.2) is 0 Å². The van der Waals surface area contributed by atoms with E-state index in [1.165, 1.54) is 24.5 Å². The molecule has 0 aromatic carbocycles. The zero-order valence-electron chi connectivity index (χ0n) is 12.6. The van der Waals surface area contributed by atoms with Gasteiger partial charge in [-0.2, -0.15) is 0 Å². The summed E-state index contributed by atoms with van der Waals surface area (Å²) in [5.41, 5.74) is 0.0843. The van der Waals surface area contributed by atoms with Gasteiger partial charge in [-0.3, -0.25) is 4.90 Å². The summed E-state index contributed by atoms with van der Waals surface area (Å²) in [7, 11) is 0. The molecule has 1 unspecified atom stereocenters. The van der Waals surface area contributed by atoms with Gasteiger partial charge in [-0.25, -0.2) is 4.98 Å². The van der Waals surface area contributed by atoms with E-state index < -0.39 is 0 Å². The SMILES string of the molecule is CC(C)CNCC1CCN(C(C)(C)c2nccs2)C1. The molecule has 19 heavy (non-hydrogen) atoms. The lowest BCUT2D eigenvalue weighted by Gasteiger charge is -2.33. The van der Waals surface area contributed by atoms with Gasteiger partial charge >= 0.3 is 0 Å². The van der Waals surface area contributed by atoms with Gasteiger partial charge in [0.1, 0.15) is 5.01 Å². The molecule has 1 aromatic rings. The minimum Gasteiger partial charge on any atom is -0.316 e. The predicted octanol–water partition coefficient (Wildman–Crippen LogP) is 2.95. The first-order valence-electron chi connectivity index (χ1n) is 7.36. The Balaban J connectivity index is 1.84. The summed E-state index contributed by atoms with van der Waals surface area (Å²) in [6.45, 7) is 13.8. The normalized spacial score (nSPS) is 21.4. The van der Waals surface area contributed by atoms with Gasteiger partial charge in [0, 0.05) is 18.1 Å². The lowest BCUT2D eigenvalue weighted by atomic mass is 10.0. The van der Waals surface area contributed by atoms with E-state index >= 15 is 0 Å². The monoisotopic (exact) mass is 281 g/mol. The summed E-state index contributed by atoms with van der Waals surface area (Å²) in [5, 5.41) is 6.91. The Labute approximate surface area is 121 Å². The molecule has 0 aliphatic carbocycles. The molecule has 0 saturated carbocycles. The maximum atomic E-state index is 4.50. The molecule has 1 aliphatic rings. The first-order valence-corrected chi connectivity index (χ1v) is 8.24. The molecule has 1 N–H and O–H groups in total. The number of likely N-dealkylation sites (tertiary alicyclic amines) is 1. The van der Waals surface area contributed by atoms with Crippen LogP contribution in [0.3, 0.4) is 0 Å². The van der Waals surface area contributed by atoms with E-state index in [1.807, 2.05) is 6.20 Å². The second-order valence-electron chi connectivity index (χ2n) is 6.55. The zero-order chi connectivity index (χ0) is 13.9. The van der Waals surface area contributed by atoms with Gasteiger partial charge < -0.3 is 5.32 Å². The second-order valence-corrected chi connectivity index (χ2v) is 7.44. The van der Waals surface area contributed by atoms with Crippen LogP contribution in [-0.2, 0) is 5.54 Å². The lowest BCUT2D eigenvalue weighted by molar-refractivity contribution is 0.148. The van der Waals surface area contributed by atoms with E-state index in [2.05, 4.69) is 48.3 Å². The average Bonchev–Trinajstić information content (AvgIpc) is 3.00. The van der Waals surface area contributed by atoms with E-state index in [0.717, 1.165) is 24.9 Å². The van der Waals surface area contributed by atoms with Crippen LogP contribution in [0.25, 0.3) is 0 Å². The van der Waals surface area contributed by atoms with Crippen molar-refractivity contribution < 1.29 is 0 Å². The Morgan fingerprint density at radius 3 is 2.95 bits per heavy atom. The minimum absolute atomic E-state index is 0.0843. The van der Waals surface area contributed by atoms with Crippen molar-refractivity contribution >= 4 is 11.3 Å². The number of aromatic nitrogens is 1. The molecule has 1 saturated heterocycles. The van der Waals surface area contributed by atoms with Crippen molar-refractivity contribution in [1.29, 1.82) is 0 Å². The quantitative estimate of drug-likeness (QED) is 0.869. The van der Waals surface area contributed by atoms with Crippen molar-refractivity contribution in [2.75, 3.05) is 26.2 Å². The Morgan fingerprint density at radius 2 is 2.32 bits per heavy atom. The number of hydrogen-bond acceptors (Lipinski definition) is 4. The topological polar surface area (TPSA) is 28.2 Å². The third-order valence-electron chi connectivity index (χ3n) is 4.02. The van der Waals surface area contributed by atoms with Crippen LogP contribution in [0.5, 0.6) is 0 Å². The molecule has 0 radical (unpaired) electrons. The van der Waals surface area contributed by atoms with Crippen LogP contribution in [0.2, 0.25) is 0 Å². The lowest BCUT2D eigenvalue weighted by Crippen LogP contribution is -2.40. The summed E-state index contributed by atoms with van der Waals surface area (Å²) in [5.74, 6) is 1.53. The Bertz CT molecular complexity index is 373. The van der Waals surface area contributed by atoms with E-state index in [0.29, 0.717) is 0 Å². The van der Waals surface area contributed by atoms with Gasteiger partial charge in [-0.15, -0.1) is 11.3 Å². The van der Waals surface area contributed by atoms with E-state index in [1.54, 1.807) is 11.3 Å². The van der Waals surface area contributed by atoms with Crippen LogP contribution in [0.4, 0.5) is 0 Å². The van der Waals surface area contributed by atoms with E-state index in [4.69, 9.17) is 0 Å². The number of nitrogens with one attached hydrogen (secondary N) is 1. The molecule has 3 nitrogen and oxygen atoms in total. The first-order chi connectivity index (χ1) is 9.00. The highest BCUT2D eigenvalue weighted by molar-refractivity contribution is 7.09. The second kappa shape index (κ2) is 6.33. The fraction of sp³-hybridized carbons (Fsp3) is 0.800. The van der Waals surface area contributed by atoms with Gasteiger partial charge in [0.05, 0.1) is 5.54 Å².